The predicted octanol–water partition coefficient (Wildman–Crippen LogP) is 4.34. The van der Waals surface area contributed by atoms with Crippen molar-refractivity contribution in [2.75, 3.05) is 40.2 Å². The van der Waals surface area contributed by atoms with Crippen molar-refractivity contribution in [2.24, 2.45) is 0 Å². The Balaban J connectivity index is 1.72. The molecule has 6 nitrogen and oxygen atoms in total. The molecule has 0 spiro atoms. The molecule has 1 aromatic heterocycles. The van der Waals surface area contributed by atoms with Crippen molar-refractivity contribution in [3.05, 3.63) is 53.4 Å². The zero-order chi connectivity index (χ0) is 20.1. The van der Waals surface area contributed by atoms with Crippen molar-refractivity contribution < 1.29 is 14.3 Å². The van der Waals surface area contributed by atoms with Crippen LogP contribution in [0.15, 0.2) is 47.8 Å². The number of hydrogen-bond donors (Lipinski definition) is 2. The number of benzene rings is 2. The van der Waals surface area contributed by atoms with Crippen LogP contribution in [0.1, 0.15) is 11.6 Å². The largest absolute Gasteiger partial charge is 0.493 e. The van der Waals surface area contributed by atoms with E-state index in [1.54, 1.807) is 43.8 Å². The van der Waals surface area contributed by atoms with Crippen LogP contribution in [0.5, 0.6) is 11.5 Å². The van der Waals surface area contributed by atoms with Gasteiger partial charge in [0.2, 0.25) is 0 Å². The highest BCUT2D eigenvalue weighted by atomic mass is 32.1. The van der Waals surface area contributed by atoms with Gasteiger partial charge in [-0.15, -0.1) is 11.3 Å². The number of fused-ring (bicyclic) bond motifs is 1. The molecule has 7 heteroatoms. The summed E-state index contributed by atoms with van der Waals surface area (Å²) < 4.78 is 11.9. The molecule has 0 radical (unpaired) electrons. The monoisotopic (exact) mass is 399 g/mol. The van der Waals surface area contributed by atoms with Crippen LogP contribution in [0.4, 0.5) is 10.5 Å². The van der Waals surface area contributed by atoms with Gasteiger partial charge in [0.15, 0.2) is 11.5 Å². The van der Waals surface area contributed by atoms with Gasteiger partial charge in [-0.1, -0.05) is 24.3 Å². The van der Waals surface area contributed by atoms with E-state index < -0.39 is 0 Å². The number of anilines is 1. The summed E-state index contributed by atoms with van der Waals surface area (Å²) in [6.45, 7) is 0.478. The van der Waals surface area contributed by atoms with Crippen molar-refractivity contribution in [2.45, 2.75) is 6.04 Å². The average Bonchev–Trinajstić information content (AvgIpc) is 3.11. The molecule has 1 heterocycles. The van der Waals surface area contributed by atoms with Crippen molar-refractivity contribution in [3.63, 3.8) is 0 Å². The molecular formula is C21H25N3O3S. The lowest BCUT2D eigenvalue weighted by Crippen LogP contribution is -2.36. The number of carbonyl (C=O) groups excluding carboxylic acids is 1. The second kappa shape index (κ2) is 8.95. The first kappa shape index (κ1) is 20.0. The molecule has 0 fully saturated rings. The Bertz CT molecular complexity index is 955. The Morgan fingerprint density at radius 2 is 1.89 bits per heavy atom. The van der Waals surface area contributed by atoms with Gasteiger partial charge in [-0.2, -0.15) is 0 Å². The minimum absolute atomic E-state index is 0.0640. The number of amides is 2. The van der Waals surface area contributed by atoms with Gasteiger partial charge in [0.05, 0.1) is 25.9 Å². The lowest BCUT2D eigenvalue weighted by molar-refractivity contribution is 0.243. The summed E-state index contributed by atoms with van der Waals surface area (Å²) in [5, 5.41) is 9.20. The van der Waals surface area contributed by atoms with Crippen LogP contribution in [0.3, 0.4) is 0 Å². The maximum absolute atomic E-state index is 12.5. The zero-order valence-electron chi connectivity index (χ0n) is 16.5. The summed E-state index contributed by atoms with van der Waals surface area (Å²) in [5.41, 5.74) is 1.77. The van der Waals surface area contributed by atoms with Crippen molar-refractivity contribution in [1.82, 2.24) is 10.2 Å². The maximum atomic E-state index is 12.5. The summed E-state index contributed by atoms with van der Waals surface area (Å²) in [6, 6.07) is 13.5. The van der Waals surface area contributed by atoms with Gasteiger partial charge in [0.25, 0.3) is 0 Å². The lowest BCUT2D eigenvalue weighted by Gasteiger charge is -2.25. The van der Waals surface area contributed by atoms with Gasteiger partial charge in [-0.05, 0) is 48.6 Å². The Labute approximate surface area is 169 Å². The Kier molecular flexibility index (Phi) is 6.38. The highest BCUT2D eigenvalue weighted by Gasteiger charge is 2.19. The first-order valence-corrected chi connectivity index (χ1v) is 9.81. The summed E-state index contributed by atoms with van der Waals surface area (Å²) in [7, 11) is 7.14. The van der Waals surface area contributed by atoms with E-state index in [9.17, 15) is 4.79 Å². The van der Waals surface area contributed by atoms with Crippen LogP contribution < -0.4 is 20.1 Å². The van der Waals surface area contributed by atoms with E-state index in [0.717, 1.165) is 0 Å². The lowest BCUT2D eigenvalue weighted by atomic mass is 10.0. The molecule has 0 bridgehead atoms. The van der Waals surface area contributed by atoms with Crippen LogP contribution >= 0.6 is 11.3 Å². The second-order valence-electron chi connectivity index (χ2n) is 6.54. The minimum atomic E-state index is -0.294. The fourth-order valence-corrected chi connectivity index (χ4v) is 4.18. The van der Waals surface area contributed by atoms with E-state index >= 15 is 0 Å². The normalized spacial score (nSPS) is 12.0. The fraction of sp³-hybridized carbons (Fsp3) is 0.286. The zero-order valence-corrected chi connectivity index (χ0v) is 17.3. The average molecular weight is 400 g/mol. The molecule has 1 atom stereocenters. The summed E-state index contributed by atoms with van der Waals surface area (Å²) in [5.74, 6) is 1.06. The van der Waals surface area contributed by atoms with E-state index in [4.69, 9.17) is 9.47 Å². The van der Waals surface area contributed by atoms with Crippen LogP contribution in [0.2, 0.25) is 0 Å². The number of hydrogen-bond acceptors (Lipinski definition) is 5. The van der Waals surface area contributed by atoms with Gasteiger partial charge < -0.3 is 25.0 Å². The van der Waals surface area contributed by atoms with Gasteiger partial charge in [-0.3, -0.25) is 0 Å². The van der Waals surface area contributed by atoms with Crippen LogP contribution in [-0.2, 0) is 0 Å². The summed E-state index contributed by atoms with van der Waals surface area (Å²) >= 11 is 1.72. The third-order valence-corrected chi connectivity index (χ3v) is 5.58. The van der Waals surface area contributed by atoms with Gasteiger partial charge in [0, 0.05) is 11.2 Å². The number of rotatable bonds is 7. The predicted molar refractivity (Wildman–Crippen MR) is 115 cm³/mol. The summed E-state index contributed by atoms with van der Waals surface area (Å²) in [6.07, 6.45) is 0. The van der Waals surface area contributed by atoms with Crippen molar-refractivity contribution in [1.29, 1.82) is 0 Å². The molecule has 0 saturated heterocycles. The number of methoxy groups -OCH3 is 2. The van der Waals surface area contributed by atoms with E-state index in [2.05, 4.69) is 33.0 Å². The van der Waals surface area contributed by atoms with Crippen LogP contribution in [-0.4, -0.2) is 45.8 Å². The van der Waals surface area contributed by atoms with Crippen molar-refractivity contribution in [3.8, 4) is 11.5 Å². The van der Waals surface area contributed by atoms with E-state index in [0.29, 0.717) is 23.7 Å². The molecule has 148 valence electrons. The van der Waals surface area contributed by atoms with Crippen molar-refractivity contribution >= 4 is 33.1 Å². The Morgan fingerprint density at radius 1 is 1.11 bits per heavy atom. The number of urea groups is 1. The SMILES string of the molecule is COc1cccc(NC(=O)NC[C@H](c2csc3ccccc23)N(C)C)c1OC. The van der Waals surface area contributed by atoms with E-state index in [1.165, 1.54) is 15.6 Å². The minimum Gasteiger partial charge on any atom is -0.493 e. The number of para-hydroxylation sites is 1. The Morgan fingerprint density at radius 3 is 2.61 bits per heavy atom. The topological polar surface area (TPSA) is 62.8 Å². The molecule has 3 aromatic rings. The molecule has 2 aromatic carbocycles. The molecule has 2 N–H and O–H groups in total. The van der Waals surface area contributed by atoms with Gasteiger partial charge in [-0.25, -0.2) is 4.79 Å². The number of nitrogens with one attached hydrogen (secondary N) is 2. The van der Waals surface area contributed by atoms with E-state index in [1.807, 2.05) is 26.2 Å². The third kappa shape index (κ3) is 4.21. The number of carbonyl (C=O) groups is 1. The van der Waals surface area contributed by atoms with Crippen LogP contribution in [0, 0.1) is 0 Å². The molecule has 0 aliphatic carbocycles. The Hall–Kier alpha value is -2.77. The second-order valence-corrected chi connectivity index (χ2v) is 7.45. The van der Waals surface area contributed by atoms with Gasteiger partial charge >= 0.3 is 6.03 Å². The molecule has 0 aliphatic rings. The standard InChI is InChI=1S/C21H25N3O3S/c1-24(2)17(15-13-28-19-11-6-5-8-14(15)19)12-22-21(25)23-16-9-7-10-18(26-3)20(16)27-4/h5-11,13,17H,12H2,1-4H3,(H2,22,23,25)/t17-/m1/s1. The molecular weight excluding hydrogens is 374 g/mol. The molecule has 2 amide bonds. The highest BCUT2D eigenvalue weighted by Crippen LogP contribution is 2.35. The first-order chi connectivity index (χ1) is 13.5. The highest BCUT2D eigenvalue weighted by molar-refractivity contribution is 7.17. The number of nitrogens with zero attached hydrogens (tertiary/aromatic N) is 1. The smallest absolute Gasteiger partial charge is 0.319 e. The molecule has 0 aliphatic heterocycles. The van der Waals surface area contributed by atoms with Crippen LogP contribution in [0.25, 0.3) is 10.1 Å². The van der Waals surface area contributed by atoms with Gasteiger partial charge in [0.1, 0.15) is 0 Å². The third-order valence-electron chi connectivity index (χ3n) is 4.60. The number of ether oxygens (including phenoxy) is 2. The van der Waals surface area contributed by atoms with E-state index in [-0.39, 0.29) is 12.1 Å². The quantitative estimate of drug-likeness (QED) is 0.620. The fourth-order valence-electron chi connectivity index (χ4n) is 3.17. The molecule has 0 unspecified atom stereocenters. The molecule has 0 saturated carbocycles. The number of thiophene rings is 1. The first-order valence-electron chi connectivity index (χ1n) is 8.93. The molecule has 28 heavy (non-hydrogen) atoms. The number of likely N-dealkylation sites (N-methyl/N-ethyl adjacent to an activating group) is 1. The maximum Gasteiger partial charge on any atom is 0.319 e. The summed E-state index contributed by atoms with van der Waals surface area (Å²) in [4.78, 5) is 14.6. The molecule has 3 rings (SSSR count).